The molecule has 1 rings (SSSR count). The van der Waals surface area contributed by atoms with E-state index < -0.39 is 5.97 Å². The van der Waals surface area contributed by atoms with E-state index in [1.165, 1.54) is 0 Å². The fourth-order valence-electron chi connectivity index (χ4n) is 1.05. The Bertz CT molecular complexity index is 137. The predicted octanol–water partition coefficient (Wildman–Crippen LogP) is -0.565. The lowest BCUT2D eigenvalue weighted by Gasteiger charge is -2.08. The van der Waals surface area contributed by atoms with Gasteiger partial charge in [0.05, 0.1) is 19.6 Å². The topological polar surface area (TPSA) is 72.5 Å². The lowest BCUT2D eigenvalue weighted by Crippen LogP contribution is -2.29. The molecule has 0 saturated carbocycles. The molecule has 0 aromatic heterocycles. The molecule has 1 saturated heterocycles. The Balaban J connectivity index is 2.33. The molecule has 2 atom stereocenters. The van der Waals surface area contributed by atoms with E-state index in [9.17, 15) is 4.79 Å². The first-order valence-electron chi connectivity index (χ1n) is 3.25. The van der Waals surface area contributed by atoms with Crippen molar-refractivity contribution < 1.29 is 14.6 Å². The third kappa shape index (κ3) is 1.68. The summed E-state index contributed by atoms with van der Waals surface area (Å²) in [5, 5.41) is 8.38. The van der Waals surface area contributed by atoms with Crippen LogP contribution in [0, 0.1) is 5.92 Å². The molecule has 4 heteroatoms. The van der Waals surface area contributed by atoms with Crippen molar-refractivity contribution in [2.45, 2.75) is 12.5 Å². The summed E-state index contributed by atoms with van der Waals surface area (Å²) in [6, 6.07) is -0.0869. The number of carbonyl (C=O) groups is 1. The van der Waals surface area contributed by atoms with Crippen molar-refractivity contribution >= 4 is 5.97 Å². The van der Waals surface area contributed by atoms with Crippen molar-refractivity contribution in [3.05, 3.63) is 0 Å². The van der Waals surface area contributed by atoms with Gasteiger partial charge in [0.25, 0.3) is 0 Å². The van der Waals surface area contributed by atoms with Gasteiger partial charge in [0, 0.05) is 12.0 Å². The van der Waals surface area contributed by atoms with Gasteiger partial charge in [-0.25, -0.2) is 0 Å². The molecule has 0 bridgehead atoms. The van der Waals surface area contributed by atoms with Crippen LogP contribution in [0.4, 0.5) is 0 Å². The maximum Gasteiger partial charge on any atom is 0.303 e. The van der Waals surface area contributed by atoms with Gasteiger partial charge in [0.15, 0.2) is 0 Å². The number of rotatable bonds is 2. The number of carboxylic acids is 1. The Labute approximate surface area is 59.0 Å². The number of hydrogen-bond donors (Lipinski definition) is 2. The van der Waals surface area contributed by atoms with Gasteiger partial charge in [-0.3, -0.25) is 4.79 Å². The van der Waals surface area contributed by atoms with Crippen molar-refractivity contribution in [3.63, 3.8) is 0 Å². The first kappa shape index (κ1) is 7.50. The van der Waals surface area contributed by atoms with Gasteiger partial charge in [-0.15, -0.1) is 0 Å². The number of carboxylic acid groups (broad SMARTS) is 1. The second-order valence-corrected chi connectivity index (χ2v) is 2.56. The highest BCUT2D eigenvalue weighted by Crippen LogP contribution is 2.14. The van der Waals surface area contributed by atoms with Gasteiger partial charge in [-0.2, -0.15) is 0 Å². The summed E-state index contributed by atoms with van der Waals surface area (Å²) in [4.78, 5) is 10.2. The second-order valence-electron chi connectivity index (χ2n) is 2.56. The van der Waals surface area contributed by atoms with Crippen molar-refractivity contribution in [3.8, 4) is 0 Å². The van der Waals surface area contributed by atoms with Crippen LogP contribution in [-0.4, -0.2) is 30.3 Å². The average molecular weight is 145 g/mol. The zero-order valence-electron chi connectivity index (χ0n) is 5.62. The molecule has 0 spiro atoms. The SMILES string of the molecule is NC1COCC1CC(=O)O. The predicted molar refractivity (Wildman–Crippen MR) is 34.5 cm³/mol. The minimum Gasteiger partial charge on any atom is -0.481 e. The summed E-state index contributed by atoms with van der Waals surface area (Å²) < 4.78 is 4.98. The van der Waals surface area contributed by atoms with Gasteiger partial charge in [-0.05, 0) is 0 Å². The van der Waals surface area contributed by atoms with E-state index in [0.717, 1.165) is 0 Å². The van der Waals surface area contributed by atoms with Crippen LogP contribution < -0.4 is 5.73 Å². The molecule has 0 aliphatic carbocycles. The second kappa shape index (κ2) is 2.98. The molecule has 1 fully saturated rings. The third-order valence-electron chi connectivity index (χ3n) is 1.68. The molecule has 4 nitrogen and oxygen atoms in total. The molecule has 58 valence electrons. The molecule has 1 aliphatic heterocycles. The molecule has 0 radical (unpaired) electrons. The van der Waals surface area contributed by atoms with Crippen molar-refractivity contribution in [2.24, 2.45) is 11.7 Å². The monoisotopic (exact) mass is 145 g/mol. The van der Waals surface area contributed by atoms with Gasteiger partial charge in [-0.1, -0.05) is 0 Å². The Kier molecular flexibility index (Phi) is 2.24. The van der Waals surface area contributed by atoms with Gasteiger partial charge in [0.2, 0.25) is 0 Å². The highest BCUT2D eigenvalue weighted by atomic mass is 16.5. The largest absolute Gasteiger partial charge is 0.481 e. The average Bonchev–Trinajstić information content (AvgIpc) is 2.15. The first-order valence-corrected chi connectivity index (χ1v) is 3.25. The van der Waals surface area contributed by atoms with Crippen LogP contribution in [0.1, 0.15) is 6.42 Å². The zero-order valence-corrected chi connectivity index (χ0v) is 5.62. The Hall–Kier alpha value is -0.610. The maximum atomic E-state index is 10.2. The van der Waals surface area contributed by atoms with Crippen LogP contribution in [0.5, 0.6) is 0 Å². The van der Waals surface area contributed by atoms with Crippen LogP contribution in [-0.2, 0) is 9.53 Å². The highest BCUT2D eigenvalue weighted by Gasteiger charge is 2.26. The molecule has 0 aromatic rings. The number of aliphatic carboxylic acids is 1. The smallest absolute Gasteiger partial charge is 0.303 e. The fourth-order valence-corrected chi connectivity index (χ4v) is 1.05. The lowest BCUT2D eigenvalue weighted by molar-refractivity contribution is -0.138. The number of hydrogen-bond acceptors (Lipinski definition) is 3. The van der Waals surface area contributed by atoms with Crippen LogP contribution in [0.15, 0.2) is 0 Å². The third-order valence-corrected chi connectivity index (χ3v) is 1.68. The highest BCUT2D eigenvalue weighted by molar-refractivity contribution is 5.67. The molecule has 2 unspecified atom stereocenters. The molecule has 0 aromatic carbocycles. The summed E-state index contributed by atoms with van der Waals surface area (Å²) in [7, 11) is 0. The maximum absolute atomic E-state index is 10.2. The van der Waals surface area contributed by atoms with Crippen molar-refractivity contribution in [1.82, 2.24) is 0 Å². The van der Waals surface area contributed by atoms with Gasteiger partial charge in [0.1, 0.15) is 0 Å². The molecule has 0 amide bonds. The quantitative estimate of drug-likeness (QED) is 0.546. The van der Waals surface area contributed by atoms with Gasteiger partial charge >= 0.3 is 5.97 Å². The van der Waals surface area contributed by atoms with Crippen LogP contribution in [0.2, 0.25) is 0 Å². The Morgan fingerprint density at radius 1 is 1.70 bits per heavy atom. The molecular weight excluding hydrogens is 134 g/mol. The van der Waals surface area contributed by atoms with Crippen molar-refractivity contribution in [2.75, 3.05) is 13.2 Å². The minimum atomic E-state index is -0.800. The van der Waals surface area contributed by atoms with E-state index in [2.05, 4.69) is 0 Å². The van der Waals surface area contributed by atoms with E-state index >= 15 is 0 Å². The molecule has 1 aliphatic rings. The van der Waals surface area contributed by atoms with E-state index in [1.54, 1.807) is 0 Å². The number of nitrogens with two attached hydrogens (primary N) is 1. The van der Waals surface area contributed by atoms with Crippen LogP contribution in [0.25, 0.3) is 0 Å². The zero-order chi connectivity index (χ0) is 7.56. The normalized spacial score (nSPS) is 32.5. The molecular formula is C6H11NO3. The fraction of sp³-hybridized carbons (Fsp3) is 0.833. The van der Waals surface area contributed by atoms with E-state index in [-0.39, 0.29) is 18.4 Å². The summed E-state index contributed by atoms with van der Waals surface area (Å²) >= 11 is 0. The van der Waals surface area contributed by atoms with Crippen molar-refractivity contribution in [1.29, 1.82) is 0 Å². The molecule has 1 heterocycles. The minimum absolute atomic E-state index is 0.0116. The summed E-state index contributed by atoms with van der Waals surface area (Å²) in [5.41, 5.74) is 5.54. The number of ether oxygens (including phenoxy) is 1. The van der Waals surface area contributed by atoms with E-state index in [0.29, 0.717) is 13.2 Å². The van der Waals surface area contributed by atoms with Crippen LogP contribution in [0.3, 0.4) is 0 Å². The Morgan fingerprint density at radius 2 is 2.40 bits per heavy atom. The molecule has 10 heavy (non-hydrogen) atoms. The summed E-state index contributed by atoms with van der Waals surface area (Å²) in [6.07, 6.45) is 0.126. The first-order chi connectivity index (χ1) is 4.70. The van der Waals surface area contributed by atoms with E-state index in [4.69, 9.17) is 15.6 Å². The van der Waals surface area contributed by atoms with Gasteiger partial charge < -0.3 is 15.6 Å². The molecule has 3 N–H and O–H groups in total. The van der Waals surface area contributed by atoms with E-state index in [1.807, 2.05) is 0 Å². The summed E-state index contributed by atoms with van der Waals surface area (Å²) in [6.45, 7) is 0.991. The van der Waals surface area contributed by atoms with Crippen LogP contribution >= 0.6 is 0 Å². The lowest BCUT2D eigenvalue weighted by atomic mass is 10.0. The standard InChI is InChI=1S/C6H11NO3/c7-5-3-10-2-4(5)1-6(8)9/h4-5H,1-3,7H2,(H,8,9). The summed E-state index contributed by atoms with van der Waals surface area (Å²) in [5.74, 6) is -0.788. The Morgan fingerprint density at radius 3 is 2.80 bits per heavy atom.